The monoisotopic (exact) mass is 288 g/mol. The fraction of sp³-hybridized carbons (Fsp3) is 0.333. The Morgan fingerprint density at radius 1 is 1.43 bits per heavy atom. The molecule has 0 radical (unpaired) electrons. The number of hydrogen-bond donors (Lipinski definition) is 3. The SMILES string of the molecule is CC(Cn1cccn1)NC(=O)C(N)Cc1ccc(O)cc1. The summed E-state index contributed by atoms with van der Waals surface area (Å²) in [4.78, 5) is 12.0. The van der Waals surface area contributed by atoms with Crippen LogP contribution in [0.2, 0.25) is 0 Å². The van der Waals surface area contributed by atoms with E-state index in [9.17, 15) is 9.90 Å². The van der Waals surface area contributed by atoms with Gasteiger partial charge in [-0.15, -0.1) is 0 Å². The Kier molecular flexibility index (Phi) is 4.94. The molecule has 0 spiro atoms. The van der Waals surface area contributed by atoms with Crippen LogP contribution in [0.3, 0.4) is 0 Å². The third-order valence-corrected chi connectivity index (χ3v) is 3.14. The Morgan fingerprint density at radius 2 is 2.14 bits per heavy atom. The molecule has 0 bridgehead atoms. The van der Waals surface area contributed by atoms with Crippen molar-refractivity contribution in [1.29, 1.82) is 0 Å². The van der Waals surface area contributed by atoms with Gasteiger partial charge in [-0.05, 0) is 37.1 Å². The van der Waals surface area contributed by atoms with Gasteiger partial charge in [-0.1, -0.05) is 12.1 Å². The molecule has 21 heavy (non-hydrogen) atoms. The van der Waals surface area contributed by atoms with Gasteiger partial charge < -0.3 is 16.2 Å². The fourth-order valence-electron chi connectivity index (χ4n) is 2.06. The van der Waals surface area contributed by atoms with Crippen molar-refractivity contribution in [1.82, 2.24) is 15.1 Å². The zero-order valence-electron chi connectivity index (χ0n) is 11.9. The minimum absolute atomic E-state index is 0.0525. The number of benzene rings is 1. The van der Waals surface area contributed by atoms with E-state index in [4.69, 9.17) is 5.73 Å². The minimum Gasteiger partial charge on any atom is -0.508 e. The maximum atomic E-state index is 12.0. The minimum atomic E-state index is -0.616. The average Bonchev–Trinajstić information content (AvgIpc) is 2.94. The van der Waals surface area contributed by atoms with Crippen molar-refractivity contribution in [2.24, 2.45) is 5.73 Å². The predicted molar refractivity (Wildman–Crippen MR) is 79.6 cm³/mol. The molecule has 1 aromatic carbocycles. The number of carbonyl (C=O) groups excluding carboxylic acids is 1. The lowest BCUT2D eigenvalue weighted by atomic mass is 10.1. The van der Waals surface area contributed by atoms with Crippen LogP contribution in [0, 0.1) is 0 Å². The van der Waals surface area contributed by atoms with E-state index in [0.29, 0.717) is 13.0 Å². The molecule has 2 aromatic rings. The standard InChI is InChI=1S/C15H20N4O2/c1-11(10-19-8-2-7-17-19)18-15(21)14(16)9-12-3-5-13(20)6-4-12/h2-8,11,14,20H,9-10,16H2,1H3,(H,18,21). The average molecular weight is 288 g/mol. The molecule has 0 fully saturated rings. The third kappa shape index (κ3) is 4.61. The lowest BCUT2D eigenvalue weighted by molar-refractivity contribution is -0.123. The van der Waals surface area contributed by atoms with Crippen LogP contribution in [-0.2, 0) is 17.8 Å². The van der Waals surface area contributed by atoms with Crippen molar-refractivity contribution < 1.29 is 9.90 Å². The number of carbonyl (C=O) groups is 1. The largest absolute Gasteiger partial charge is 0.508 e. The Morgan fingerprint density at radius 3 is 2.76 bits per heavy atom. The second-order valence-corrected chi connectivity index (χ2v) is 5.11. The van der Waals surface area contributed by atoms with Gasteiger partial charge in [0, 0.05) is 18.4 Å². The highest BCUT2D eigenvalue weighted by Crippen LogP contribution is 2.10. The van der Waals surface area contributed by atoms with Crippen LogP contribution in [0.4, 0.5) is 0 Å². The molecule has 0 aliphatic rings. The lowest BCUT2D eigenvalue weighted by Crippen LogP contribution is -2.46. The Bertz CT molecular complexity index is 566. The van der Waals surface area contributed by atoms with E-state index in [1.54, 1.807) is 35.1 Å². The van der Waals surface area contributed by atoms with Crippen molar-refractivity contribution in [3.05, 3.63) is 48.3 Å². The van der Waals surface area contributed by atoms with Gasteiger partial charge in [0.05, 0.1) is 12.6 Å². The van der Waals surface area contributed by atoms with Crippen LogP contribution in [-0.4, -0.2) is 32.9 Å². The highest BCUT2D eigenvalue weighted by Gasteiger charge is 2.16. The highest BCUT2D eigenvalue weighted by atomic mass is 16.3. The maximum Gasteiger partial charge on any atom is 0.237 e. The molecule has 6 nitrogen and oxygen atoms in total. The molecule has 1 heterocycles. The smallest absolute Gasteiger partial charge is 0.237 e. The van der Waals surface area contributed by atoms with Crippen LogP contribution in [0.5, 0.6) is 5.75 Å². The lowest BCUT2D eigenvalue weighted by Gasteiger charge is -2.17. The molecule has 1 amide bonds. The summed E-state index contributed by atoms with van der Waals surface area (Å²) in [6.07, 6.45) is 3.98. The van der Waals surface area contributed by atoms with Crippen LogP contribution in [0.15, 0.2) is 42.7 Å². The second-order valence-electron chi connectivity index (χ2n) is 5.11. The number of phenols is 1. The summed E-state index contributed by atoms with van der Waals surface area (Å²) in [6, 6.07) is 7.86. The van der Waals surface area contributed by atoms with Crippen LogP contribution in [0.25, 0.3) is 0 Å². The molecule has 0 saturated heterocycles. The number of aromatic nitrogens is 2. The second kappa shape index (κ2) is 6.90. The Hall–Kier alpha value is -2.34. The molecule has 6 heteroatoms. The number of rotatable bonds is 6. The predicted octanol–water partition coefficient (Wildman–Crippen LogP) is 0.663. The molecule has 2 rings (SSSR count). The molecule has 0 aliphatic heterocycles. The molecule has 2 unspecified atom stereocenters. The van der Waals surface area contributed by atoms with E-state index in [1.807, 2.05) is 19.2 Å². The number of nitrogens with one attached hydrogen (secondary N) is 1. The first kappa shape index (κ1) is 15.1. The van der Waals surface area contributed by atoms with E-state index in [2.05, 4.69) is 10.4 Å². The highest BCUT2D eigenvalue weighted by molar-refractivity contribution is 5.82. The zero-order chi connectivity index (χ0) is 15.2. The molecule has 0 saturated carbocycles. The molecule has 112 valence electrons. The molecule has 0 aliphatic carbocycles. The van der Waals surface area contributed by atoms with Gasteiger partial charge in [0.2, 0.25) is 5.91 Å². The van der Waals surface area contributed by atoms with Gasteiger partial charge in [-0.2, -0.15) is 5.10 Å². The summed E-state index contributed by atoms with van der Waals surface area (Å²) in [5, 5.41) is 16.2. The first-order valence-electron chi connectivity index (χ1n) is 6.86. The number of nitrogens with zero attached hydrogens (tertiary/aromatic N) is 2. The zero-order valence-corrected chi connectivity index (χ0v) is 11.9. The molecular weight excluding hydrogens is 268 g/mol. The van der Waals surface area contributed by atoms with E-state index >= 15 is 0 Å². The summed E-state index contributed by atoms with van der Waals surface area (Å²) in [5.41, 5.74) is 6.82. The van der Waals surface area contributed by atoms with Gasteiger partial charge in [-0.25, -0.2) is 0 Å². The van der Waals surface area contributed by atoms with Crippen molar-refractivity contribution >= 4 is 5.91 Å². The summed E-state index contributed by atoms with van der Waals surface area (Å²) in [7, 11) is 0. The van der Waals surface area contributed by atoms with E-state index in [0.717, 1.165) is 5.56 Å². The summed E-state index contributed by atoms with van der Waals surface area (Å²) in [6.45, 7) is 2.51. The van der Waals surface area contributed by atoms with Crippen LogP contribution < -0.4 is 11.1 Å². The summed E-state index contributed by atoms with van der Waals surface area (Å²) < 4.78 is 1.76. The van der Waals surface area contributed by atoms with Gasteiger partial charge in [0.1, 0.15) is 5.75 Å². The first-order chi connectivity index (χ1) is 10.0. The van der Waals surface area contributed by atoms with Gasteiger partial charge in [0.25, 0.3) is 0 Å². The van der Waals surface area contributed by atoms with Crippen molar-refractivity contribution in [2.75, 3.05) is 0 Å². The maximum absolute atomic E-state index is 12.0. The van der Waals surface area contributed by atoms with Gasteiger partial charge in [0.15, 0.2) is 0 Å². The summed E-state index contributed by atoms with van der Waals surface area (Å²) in [5.74, 6) is 0.00680. The summed E-state index contributed by atoms with van der Waals surface area (Å²) >= 11 is 0. The first-order valence-corrected chi connectivity index (χ1v) is 6.86. The molecule has 4 N–H and O–H groups in total. The number of aromatic hydroxyl groups is 1. The van der Waals surface area contributed by atoms with E-state index in [-0.39, 0.29) is 17.7 Å². The van der Waals surface area contributed by atoms with Crippen molar-refractivity contribution in [2.45, 2.75) is 32.0 Å². The Labute approximate surface area is 123 Å². The van der Waals surface area contributed by atoms with Crippen LogP contribution in [0.1, 0.15) is 12.5 Å². The van der Waals surface area contributed by atoms with Gasteiger partial charge in [-0.3, -0.25) is 9.48 Å². The van der Waals surface area contributed by atoms with E-state index in [1.165, 1.54) is 0 Å². The molecule has 1 aromatic heterocycles. The molecular formula is C15H20N4O2. The number of nitrogens with two attached hydrogens (primary N) is 1. The number of hydrogen-bond acceptors (Lipinski definition) is 4. The topological polar surface area (TPSA) is 93.2 Å². The van der Waals surface area contributed by atoms with Crippen molar-refractivity contribution in [3.63, 3.8) is 0 Å². The third-order valence-electron chi connectivity index (χ3n) is 3.14. The Balaban J connectivity index is 1.83. The number of phenolic OH excluding ortho intramolecular Hbond substituents is 1. The quantitative estimate of drug-likeness (QED) is 0.728. The number of amides is 1. The van der Waals surface area contributed by atoms with Gasteiger partial charge >= 0.3 is 0 Å². The fourth-order valence-corrected chi connectivity index (χ4v) is 2.06. The molecule has 2 atom stereocenters. The van der Waals surface area contributed by atoms with Crippen LogP contribution >= 0.6 is 0 Å². The van der Waals surface area contributed by atoms with E-state index < -0.39 is 6.04 Å². The normalized spacial score (nSPS) is 13.6. The van der Waals surface area contributed by atoms with Crippen molar-refractivity contribution in [3.8, 4) is 5.75 Å².